The molecule has 1 unspecified atom stereocenters. The summed E-state index contributed by atoms with van der Waals surface area (Å²) in [5.41, 5.74) is 0.787. The summed E-state index contributed by atoms with van der Waals surface area (Å²) < 4.78 is 5.42. The number of ether oxygens (including phenoxy) is 1. The molecule has 1 aliphatic heterocycles. The van der Waals surface area contributed by atoms with Crippen LogP contribution in [0.1, 0.15) is 19.8 Å². The zero-order valence-electron chi connectivity index (χ0n) is 10.9. The van der Waals surface area contributed by atoms with Crippen molar-refractivity contribution in [1.29, 1.82) is 0 Å². The van der Waals surface area contributed by atoms with Crippen molar-refractivity contribution in [2.24, 2.45) is 5.92 Å². The summed E-state index contributed by atoms with van der Waals surface area (Å²) in [6, 6.07) is 5.39. The third-order valence-corrected chi connectivity index (χ3v) is 4.00. The molecular formula is C14H17BrClNO2. The third-order valence-electron chi connectivity index (χ3n) is 3.31. The Morgan fingerprint density at radius 2 is 2.26 bits per heavy atom. The largest absolute Gasteiger partial charge is 0.482 e. The summed E-state index contributed by atoms with van der Waals surface area (Å²) in [5, 5.41) is 1.61. The average Bonchev–Trinajstić information content (AvgIpc) is 2.38. The van der Waals surface area contributed by atoms with Crippen molar-refractivity contribution < 1.29 is 9.53 Å². The van der Waals surface area contributed by atoms with Crippen LogP contribution in [0.3, 0.4) is 0 Å². The predicted octanol–water partition coefficient (Wildman–Crippen LogP) is 3.88. The van der Waals surface area contributed by atoms with Gasteiger partial charge in [0.25, 0.3) is 5.91 Å². The summed E-state index contributed by atoms with van der Waals surface area (Å²) in [6.07, 6.45) is 2.09. The average molecular weight is 347 g/mol. The van der Waals surface area contributed by atoms with Gasteiger partial charge in [-0.25, -0.2) is 0 Å². The molecule has 104 valence electrons. The second-order valence-electron chi connectivity index (χ2n) is 4.82. The Balaban J connectivity index is 2.11. The summed E-state index contributed by atoms with van der Waals surface area (Å²) >= 11 is 9.45. The summed E-state index contributed by atoms with van der Waals surface area (Å²) in [4.78, 5) is 13.8. The van der Waals surface area contributed by atoms with Gasteiger partial charge in [-0.05, 0) is 37.0 Å². The smallest absolute Gasteiger partial charge is 0.265 e. The number of carbonyl (C=O) groups excluding carboxylic acids is 1. The fourth-order valence-electron chi connectivity index (χ4n) is 2.10. The van der Waals surface area contributed by atoms with E-state index in [0.29, 0.717) is 17.5 Å². The molecule has 5 heteroatoms. The molecular weight excluding hydrogens is 330 g/mol. The van der Waals surface area contributed by atoms with Crippen molar-refractivity contribution in [2.45, 2.75) is 19.8 Å². The maximum Gasteiger partial charge on any atom is 0.265 e. The lowest BCUT2D eigenvalue weighted by Gasteiger charge is -2.30. The Morgan fingerprint density at radius 1 is 1.47 bits per heavy atom. The third kappa shape index (κ3) is 3.63. The molecule has 0 N–H and O–H groups in total. The fraction of sp³-hybridized carbons (Fsp3) is 0.500. The van der Waals surface area contributed by atoms with Crippen LogP contribution in [0.15, 0.2) is 18.2 Å². The molecule has 3 nitrogen and oxygen atoms in total. The van der Waals surface area contributed by atoms with Gasteiger partial charge in [0.1, 0.15) is 5.75 Å². The van der Waals surface area contributed by atoms with Gasteiger partial charge in [-0.2, -0.15) is 0 Å². The molecule has 0 fully saturated rings. The second-order valence-corrected chi connectivity index (χ2v) is 6.05. The molecule has 0 aromatic heterocycles. The van der Waals surface area contributed by atoms with Gasteiger partial charge in [0.15, 0.2) is 6.61 Å². The molecule has 0 spiro atoms. The van der Waals surface area contributed by atoms with Crippen molar-refractivity contribution >= 4 is 39.1 Å². The van der Waals surface area contributed by atoms with E-state index in [0.717, 1.165) is 29.6 Å². The molecule has 0 bridgehead atoms. The highest BCUT2D eigenvalue weighted by molar-refractivity contribution is 9.09. The lowest BCUT2D eigenvalue weighted by molar-refractivity contribution is -0.121. The number of anilines is 1. The van der Waals surface area contributed by atoms with E-state index in [9.17, 15) is 4.79 Å². The van der Waals surface area contributed by atoms with Crippen LogP contribution in [-0.4, -0.2) is 24.4 Å². The monoisotopic (exact) mass is 345 g/mol. The van der Waals surface area contributed by atoms with Crippen LogP contribution in [0, 0.1) is 5.92 Å². The Kier molecular flexibility index (Phi) is 5.11. The first kappa shape index (κ1) is 14.7. The van der Waals surface area contributed by atoms with Crippen LogP contribution in [0.4, 0.5) is 5.69 Å². The van der Waals surface area contributed by atoms with Gasteiger partial charge in [-0.1, -0.05) is 34.5 Å². The van der Waals surface area contributed by atoms with Gasteiger partial charge in [0.05, 0.1) is 5.69 Å². The number of benzene rings is 1. The molecule has 0 aliphatic carbocycles. The summed E-state index contributed by atoms with van der Waals surface area (Å²) in [6.45, 7) is 3.02. The lowest BCUT2D eigenvalue weighted by Crippen LogP contribution is -2.39. The van der Waals surface area contributed by atoms with Gasteiger partial charge in [0, 0.05) is 16.9 Å². The highest BCUT2D eigenvalue weighted by Crippen LogP contribution is 2.34. The molecule has 0 saturated heterocycles. The first-order valence-electron chi connectivity index (χ1n) is 6.40. The van der Waals surface area contributed by atoms with Crippen molar-refractivity contribution in [2.75, 3.05) is 23.4 Å². The Morgan fingerprint density at radius 3 is 3.00 bits per heavy atom. The maximum absolute atomic E-state index is 12.0. The number of fused-ring (bicyclic) bond motifs is 1. The topological polar surface area (TPSA) is 29.5 Å². The summed E-state index contributed by atoms with van der Waals surface area (Å²) in [7, 11) is 0. The quantitative estimate of drug-likeness (QED) is 0.757. The van der Waals surface area contributed by atoms with Crippen LogP contribution in [0.25, 0.3) is 0 Å². The number of hydrogen-bond acceptors (Lipinski definition) is 2. The second kappa shape index (κ2) is 6.62. The number of halogens is 2. The zero-order chi connectivity index (χ0) is 13.8. The SMILES string of the molecule is CC(CCBr)CCN1C(=O)COc2ccc(Cl)cc21. The van der Waals surface area contributed by atoms with Crippen LogP contribution < -0.4 is 9.64 Å². The molecule has 1 aromatic rings. The van der Waals surface area contributed by atoms with Crippen molar-refractivity contribution in [1.82, 2.24) is 0 Å². The van der Waals surface area contributed by atoms with E-state index >= 15 is 0 Å². The van der Waals surface area contributed by atoms with Gasteiger partial charge >= 0.3 is 0 Å². The molecule has 1 atom stereocenters. The minimum absolute atomic E-state index is 0.000749. The normalized spacial score (nSPS) is 15.9. The van der Waals surface area contributed by atoms with E-state index in [1.165, 1.54) is 0 Å². The highest BCUT2D eigenvalue weighted by Gasteiger charge is 2.25. The van der Waals surface area contributed by atoms with Gasteiger partial charge in [-0.15, -0.1) is 0 Å². The number of carbonyl (C=O) groups is 1. The minimum Gasteiger partial charge on any atom is -0.482 e. The van der Waals surface area contributed by atoms with Crippen LogP contribution >= 0.6 is 27.5 Å². The molecule has 19 heavy (non-hydrogen) atoms. The number of nitrogens with zero attached hydrogens (tertiary/aromatic N) is 1. The Hall–Kier alpha value is -0.740. The molecule has 2 rings (SSSR count). The van der Waals surface area contributed by atoms with Gasteiger partial charge < -0.3 is 9.64 Å². The zero-order valence-corrected chi connectivity index (χ0v) is 13.2. The standard InChI is InChI=1S/C14H17BrClNO2/c1-10(4-6-15)5-7-17-12-8-11(16)2-3-13(12)19-9-14(17)18/h2-3,8,10H,4-7,9H2,1H3. The Labute approximate surface area is 127 Å². The van der Waals surface area contributed by atoms with Gasteiger partial charge in [-0.3, -0.25) is 4.79 Å². The molecule has 1 aromatic carbocycles. The molecule has 1 amide bonds. The van der Waals surface area contributed by atoms with E-state index < -0.39 is 0 Å². The Bertz CT molecular complexity index is 467. The van der Waals surface area contributed by atoms with Crippen LogP contribution in [-0.2, 0) is 4.79 Å². The molecule has 0 radical (unpaired) electrons. The molecule has 0 saturated carbocycles. The van der Waals surface area contributed by atoms with Crippen molar-refractivity contribution in [3.63, 3.8) is 0 Å². The number of alkyl halides is 1. The van der Waals surface area contributed by atoms with Gasteiger partial charge in [0.2, 0.25) is 0 Å². The van der Waals surface area contributed by atoms with E-state index in [1.807, 2.05) is 6.07 Å². The highest BCUT2D eigenvalue weighted by atomic mass is 79.9. The number of hydrogen-bond donors (Lipinski definition) is 0. The first-order valence-corrected chi connectivity index (χ1v) is 7.90. The van der Waals surface area contributed by atoms with E-state index in [4.69, 9.17) is 16.3 Å². The van der Waals surface area contributed by atoms with Crippen LogP contribution in [0.5, 0.6) is 5.75 Å². The van der Waals surface area contributed by atoms with E-state index in [2.05, 4.69) is 22.9 Å². The fourth-order valence-corrected chi connectivity index (χ4v) is 3.05. The van der Waals surface area contributed by atoms with E-state index in [1.54, 1.807) is 17.0 Å². The molecule has 1 aliphatic rings. The predicted molar refractivity (Wildman–Crippen MR) is 81.5 cm³/mol. The van der Waals surface area contributed by atoms with Crippen LogP contribution in [0.2, 0.25) is 5.02 Å². The molecule has 1 heterocycles. The lowest BCUT2D eigenvalue weighted by atomic mass is 10.0. The number of amides is 1. The van der Waals surface area contributed by atoms with Crippen molar-refractivity contribution in [3.8, 4) is 5.75 Å². The van der Waals surface area contributed by atoms with Crippen molar-refractivity contribution in [3.05, 3.63) is 23.2 Å². The minimum atomic E-state index is 0.000749. The number of rotatable bonds is 5. The maximum atomic E-state index is 12.0. The summed E-state index contributed by atoms with van der Waals surface area (Å²) in [5.74, 6) is 1.32. The first-order chi connectivity index (χ1) is 9.11. The van der Waals surface area contributed by atoms with E-state index in [-0.39, 0.29) is 12.5 Å².